The van der Waals surface area contributed by atoms with Crippen molar-refractivity contribution in [2.45, 2.75) is 30.7 Å². The number of nitrogens with two attached hydrogens (primary N) is 1. The Morgan fingerprint density at radius 2 is 2.06 bits per heavy atom. The Labute approximate surface area is 108 Å². The van der Waals surface area contributed by atoms with E-state index in [2.05, 4.69) is 31.2 Å². The number of rotatable bonds is 4. The predicted molar refractivity (Wildman–Crippen MR) is 73.4 cm³/mol. The number of ether oxygens (including phenoxy) is 1. The number of aryl methyl sites for hydroxylation is 1. The van der Waals surface area contributed by atoms with Crippen molar-refractivity contribution in [2.24, 2.45) is 11.7 Å². The summed E-state index contributed by atoms with van der Waals surface area (Å²) in [5, 5.41) is 0. The molecule has 2 rings (SSSR count). The number of hydrogen-bond donors (Lipinski definition) is 1. The molecular weight excluding hydrogens is 230 g/mol. The average Bonchev–Trinajstić information content (AvgIpc) is 2.38. The van der Waals surface area contributed by atoms with Gasteiger partial charge in [-0.3, -0.25) is 0 Å². The minimum absolute atomic E-state index is 0.295. The molecule has 1 aromatic rings. The SMILES string of the molecule is Cc1ccccc1SCC(N)C1CCOCC1. The van der Waals surface area contributed by atoms with Gasteiger partial charge in [0.05, 0.1) is 0 Å². The summed E-state index contributed by atoms with van der Waals surface area (Å²) in [5.74, 6) is 1.65. The minimum Gasteiger partial charge on any atom is -0.381 e. The van der Waals surface area contributed by atoms with Crippen molar-refractivity contribution in [3.8, 4) is 0 Å². The fourth-order valence-corrected chi connectivity index (χ4v) is 3.30. The summed E-state index contributed by atoms with van der Waals surface area (Å²) in [6.07, 6.45) is 2.24. The van der Waals surface area contributed by atoms with Crippen molar-refractivity contribution < 1.29 is 4.74 Å². The van der Waals surface area contributed by atoms with E-state index in [9.17, 15) is 0 Å². The summed E-state index contributed by atoms with van der Waals surface area (Å²) >= 11 is 1.88. The summed E-state index contributed by atoms with van der Waals surface area (Å²) in [6.45, 7) is 3.92. The maximum atomic E-state index is 6.27. The second kappa shape index (κ2) is 6.43. The molecule has 17 heavy (non-hydrogen) atoms. The summed E-state index contributed by atoms with van der Waals surface area (Å²) in [6, 6.07) is 8.80. The lowest BCUT2D eigenvalue weighted by atomic mass is 9.94. The van der Waals surface area contributed by atoms with E-state index in [0.29, 0.717) is 12.0 Å². The monoisotopic (exact) mass is 251 g/mol. The van der Waals surface area contributed by atoms with Crippen LogP contribution in [0.15, 0.2) is 29.2 Å². The molecule has 0 spiro atoms. The smallest absolute Gasteiger partial charge is 0.0469 e. The molecular formula is C14H21NOS. The molecule has 0 aromatic heterocycles. The highest BCUT2D eigenvalue weighted by molar-refractivity contribution is 7.99. The molecule has 1 heterocycles. The molecule has 1 atom stereocenters. The Bertz CT molecular complexity index is 350. The van der Waals surface area contributed by atoms with E-state index in [1.54, 1.807) is 0 Å². The van der Waals surface area contributed by atoms with Gasteiger partial charge in [-0.2, -0.15) is 0 Å². The first-order chi connectivity index (χ1) is 8.27. The predicted octanol–water partition coefficient (Wildman–Crippen LogP) is 2.84. The van der Waals surface area contributed by atoms with Gasteiger partial charge in [-0.25, -0.2) is 0 Å². The third kappa shape index (κ3) is 3.73. The fraction of sp³-hybridized carbons (Fsp3) is 0.571. The molecule has 1 unspecified atom stereocenters. The van der Waals surface area contributed by atoms with Crippen LogP contribution < -0.4 is 5.73 Å². The van der Waals surface area contributed by atoms with Crippen LogP contribution in [0.4, 0.5) is 0 Å². The topological polar surface area (TPSA) is 35.2 Å². The third-order valence-electron chi connectivity index (χ3n) is 3.40. The van der Waals surface area contributed by atoms with Crippen LogP contribution in [0.25, 0.3) is 0 Å². The van der Waals surface area contributed by atoms with Gasteiger partial charge in [0.15, 0.2) is 0 Å². The van der Waals surface area contributed by atoms with Crippen LogP contribution in [0.5, 0.6) is 0 Å². The zero-order chi connectivity index (χ0) is 12.1. The highest BCUT2D eigenvalue weighted by Crippen LogP contribution is 2.26. The Hall–Kier alpha value is -0.510. The minimum atomic E-state index is 0.295. The van der Waals surface area contributed by atoms with Gasteiger partial charge in [0.1, 0.15) is 0 Å². The molecule has 3 heteroatoms. The van der Waals surface area contributed by atoms with Crippen LogP contribution in [-0.2, 0) is 4.74 Å². The fourth-order valence-electron chi connectivity index (χ4n) is 2.18. The van der Waals surface area contributed by atoms with E-state index in [1.807, 2.05) is 11.8 Å². The Kier molecular flexibility index (Phi) is 4.89. The molecule has 1 aliphatic heterocycles. The molecule has 0 aliphatic carbocycles. The zero-order valence-corrected chi connectivity index (χ0v) is 11.2. The van der Waals surface area contributed by atoms with Crippen LogP contribution in [0.1, 0.15) is 18.4 Å². The van der Waals surface area contributed by atoms with Gasteiger partial charge >= 0.3 is 0 Å². The highest BCUT2D eigenvalue weighted by atomic mass is 32.2. The van der Waals surface area contributed by atoms with Crippen LogP contribution in [0, 0.1) is 12.8 Å². The van der Waals surface area contributed by atoms with Crippen molar-refractivity contribution in [3.05, 3.63) is 29.8 Å². The maximum absolute atomic E-state index is 6.27. The van der Waals surface area contributed by atoms with Gasteiger partial charge in [0.2, 0.25) is 0 Å². The summed E-state index contributed by atoms with van der Waals surface area (Å²) in [7, 11) is 0. The van der Waals surface area contributed by atoms with Gasteiger partial charge in [-0.05, 0) is 37.3 Å². The van der Waals surface area contributed by atoms with Gasteiger partial charge in [0.25, 0.3) is 0 Å². The molecule has 1 saturated heterocycles. The lowest BCUT2D eigenvalue weighted by Crippen LogP contribution is -2.36. The number of hydrogen-bond acceptors (Lipinski definition) is 3. The van der Waals surface area contributed by atoms with E-state index in [-0.39, 0.29) is 0 Å². The first-order valence-corrected chi connectivity index (χ1v) is 7.27. The van der Waals surface area contributed by atoms with Crippen molar-refractivity contribution in [1.82, 2.24) is 0 Å². The molecule has 0 radical (unpaired) electrons. The van der Waals surface area contributed by atoms with Crippen molar-refractivity contribution >= 4 is 11.8 Å². The maximum Gasteiger partial charge on any atom is 0.0469 e. The van der Waals surface area contributed by atoms with Gasteiger partial charge < -0.3 is 10.5 Å². The molecule has 0 bridgehead atoms. The Balaban J connectivity index is 1.83. The highest BCUT2D eigenvalue weighted by Gasteiger charge is 2.20. The zero-order valence-electron chi connectivity index (χ0n) is 10.4. The van der Waals surface area contributed by atoms with Crippen molar-refractivity contribution in [1.29, 1.82) is 0 Å². The van der Waals surface area contributed by atoms with Crippen molar-refractivity contribution in [3.63, 3.8) is 0 Å². The average molecular weight is 251 g/mol. The second-order valence-electron chi connectivity index (χ2n) is 4.69. The standard InChI is InChI=1S/C14H21NOS/c1-11-4-2-3-5-14(11)17-10-13(15)12-6-8-16-9-7-12/h2-5,12-13H,6-10,15H2,1H3. The summed E-state index contributed by atoms with van der Waals surface area (Å²) in [5.41, 5.74) is 7.61. The van der Waals surface area contributed by atoms with Crippen LogP contribution in [-0.4, -0.2) is 25.0 Å². The van der Waals surface area contributed by atoms with E-state index < -0.39 is 0 Å². The molecule has 0 saturated carbocycles. The number of benzene rings is 1. The summed E-state index contributed by atoms with van der Waals surface area (Å²) < 4.78 is 5.37. The quantitative estimate of drug-likeness (QED) is 0.836. The first-order valence-electron chi connectivity index (χ1n) is 6.29. The molecule has 2 nitrogen and oxygen atoms in total. The van der Waals surface area contributed by atoms with Gasteiger partial charge in [-0.1, -0.05) is 18.2 Å². The van der Waals surface area contributed by atoms with Crippen molar-refractivity contribution in [2.75, 3.05) is 19.0 Å². The van der Waals surface area contributed by atoms with E-state index >= 15 is 0 Å². The molecule has 2 N–H and O–H groups in total. The normalized spacial score (nSPS) is 19.2. The van der Waals surface area contributed by atoms with Crippen LogP contribution in [0.3, 0.4) is 0 Å². The lowest BCUT2D eigenvalue weighted by molar-refractivity contribution is 0.0607. The molecule has 1 fully saturated rings. The van der Waals surface area contributed by atoms with E-state index in [4.69, 9.17) is 10.5 Å². The summed E-state index contributed by atoms with van der Waals surface area (Å²) in [4.78, 5) is 1.36. The molecule has 0 amide bonds. The first kappa shape index (κ1) is 12.9. The van der Waals surface area contributed by atoms with E-state index in [0.717, 1.165) is 31.8 Å². The van der Waals surface area contributed by atoms with Gasteiger partial charge in [0, 0.05) is 29.9 Å². The molecule has 1 aromatic carbocycles. The lowest BCUT2D eigenvalue weighted by Gasteiger charge is -2.27. The molecule has 94 valence electrons. The molecule has 1 aliphatic rings. The van der Waals surface area contributed by atoms with Crippen LogP contribution >= 0.6 is 11.8 Å². The third-order valence-corrected chi connectivity index (χ3v) is 4.72. The Morgan fingerprint density at radius 1 is 1.35 bits per heavy atom. The second-order valence-corrected chi connectivity index (χ2v) is 5.75. The largest absolute Gasteiger partial charge is 0.381 e. The van der Waals surface area contributed by atoms with Crippen LogP contribution in [0.2, 0.25) is 0 Å². The van der Waals surface area contributed by atoms with E-state index in [1.165, 1.54) is 10.5 Å². The Morgan fingerprint density at radius 3 is 2.76 bits per heavy atom. The number of thioether (sulfide) groups is 1. The van der Waals surface area contributed by atoms with Gasteiger partial charge in [-0.15, -0.1) is 11.8 Å².